The first-order valence-corrected chi connectivity index (χ1v) is 9.16. The summed E-state index contributed by atoms with van der Waals surface area (Å²) in [5.41, 5.74) is 4.70. The highest BCUT2D eigenvalue weighted by Gasteiger charge is 2.25. The molecule has 0 amide bonds. The SMILES string of the molecule is c1cc2c(cc1CN1CCCCC1)CCN(C1CCNC1)C2. The summed E-state index contributed by atoms with van der Waals surface area (Å²) in [7, 11) is 0. The van der Waals surface area contributed by atoms with E-state index >= 15 is 0 Å². The molecule has 1 N–H and O–H groups in total. The third kappa shape index (κ3) is 3.22. The topological polar surface area (TPSA) is 18.5 Å². The molecule has 1 aromatic rings. The Morgan fingerprint density at radius 2 is 1.95 bits per heavy atom. The molecule has 1 atom stereocenters. The lowest BCUT2D eigenvalue weighted by Crippen LogP contribution is -2.40. The highest BCUT2D eigenvalue weighted by molar-refractivity contribution is 5.34. The molecule has 3 heterocycles. The van der Waals surface area contributed by atoms with Gasteiger partial charge < -0.3 is 5.32 Å². The first kappa shape index (κ1) is 14.7. The molecule has 2 saturated heterocycles. The zero-order valence-electron chi connectivity index (χ0n) is 13.7. The van der Waals surface area contributed by atoms with Crippen LogP contribution in [0.1, 0.15) is 42.4 Å². The van der Waals surface area contributed by atoms with E-state index in [4.69, 9.17) is 0 Å². The van der Waals surface area contributed by atoms with Gasteiger partial charge in [-0.15, -0.1) is 0 Å². The standard InChI is InChI=1S/C19H29N3/c1-2-9-21(10-3-1)14-16-4-5-18-15-22(11-7-17(18)12-16)19-6-8-20-13-19/h4-5,12,19-20H,1-3,6-11,13-15H2. The third-order valence-corrected chi connectivity index (χ3v) is 5.72. The zero-order valence-corrected chi connectivity index (χ0v) is 13.7. The van der Waals surface area contributed by atoms with E-state index in [-0.39, 0.29) is 0 Å². The number of nitrogens with zero attached hydrogens (tertiary/aromatic N) is 2. The molecular weight excluding hydrogens is 270 g/mol. The third-order valence-electron chi connectivity index (χ3n) is 5.72. The fourth-order valence-electron chi connectivity index (χ4n) is 4.36. The first-order valence-electron chi connectivity index (χ1n) is 9.16. The van der Waals surface area contributed by atoms with Gasteiger partial charge in [0.1, 0.15) is 0 Å². The average Bonchev–Trinajstić information content (AvgIpc) is 3.10. The van der Waals surface area contributed by atoms with Crippen molar-refractivity contribution in [1.82, 2.24) is 15.1 Å². The molecule has 120 valence electrons. The number of rotatable bonds is 3. The molecule has 1 unspecified atom stereocenters. The van der Waals surface area contributed by atoms with E-state index in [1.54, 1.807) is 11.1 Å². The normalized spacial score (nSPS) is 27.0. The van der Waals surface area contributed by atoms with Crippen molar-refractivity contribution >= 4 is 0 Å². The summed E-state index contributed by atoms with van der Waals surface area (Å²) in [6.07, 6.45) is 6.75. The van der Waals surface area contributed by atoms with Gasteiger partial charge in [0.05, 0.1) is 0 Å². The van der Waals surface area contributed by atoms with Crippen LogP contribution >= 0.6 is 0 Å². The fraction of sp³-hybridized carbons (Fsp3) is 0.684. The van der Waals surface area contributed by atoms with Crippen LogP contribution in [0.2, 0.25) is 0 Å². The summed E-state index contributed by atoms with van der Waals surface area (Å²) in [4.78, 5) is 5.32. The van der Waals surface area contributed by atoms with Gasteiger partial charge in [-0.3, -0.25) is 9.80 Å². The second-order valence-electron chi connectivity index (χ2n) is 7.31. The number of nitrogens with one attached hydrogen (secondary N) is 1. The minimum atomic E-state index is 0.765. The first-order chi connectivity index (χ1) is 10.9. The van der Waals surface area contributed by atoms with Crippen molar-refractivity contribution in [3.63, 3.8) is 0 Å². The Morgan fingerprint density at radius 3 is 2.77 bits per heavy atom. The van der Waals surface area contributed by atoms with Gasteiger partial charge in [0.15, 0.2) is 0 Å². The van der Waals surface area contributed by atoms with E-state index in [1.807, 2.05) is 0 Å². The number of piperidine rings is 1. The van der Waals surface area contributed by atoms with Gasteiger partial charge >= 0.3 is 0 Å². The summed E-state index contributed by atoms with van der Waals surface area (Å²) in [6, 6.07) is 8.04. The maximum absolute atomic E-state index is 3.50. The maximum atomic E-state index is 3.50. The van der Waals surface area contributed by atoms with Crippen LogP contribution in [0.5, 0.6) is 0 Å². The van der Waals surface area contributed by atoms with Crippen molar-refractivity contribution in [2.75, 3.05) is 32.7 Å². The number of hydrogen-bond donors (Lipinski definition) is 1. The van der Waals surface area contributed by atoms with E-state index in [0.29, 0.717) is 0 Å². The highest BCUT2D eigenvalue weighted by Crippen LogP contribution is 2.24. The van der Waals surface area contributed by atoms with E-state index in [1.165, 1.54) is 70.4 Å². The number of fused-ring (bicyclic) bond motifs is 1. The highest BCUT2D eigenvalue weighted by atomic mass is 15.2. The molecule has 3 nitrogen and oxygen atoms in total. The Hall–Kier alpha value is -0.900. The number of benzene rings is 1. The predicted molar refractivity (Wildman–Crippen MR) is 91.0 cm³/mol. The minimum absolute atomic E-state index is 0.765. The molecule has 3 aliphatic rings. The van der Waals surface area contributed by atoms with Gasteiger partial charge in [-0.1, -0.05) is 24.6 Å². The van der Waals surface area contributed by atoms with Gasteiger partial charge in [0.25, 0.3) is 0 Å². The molecule has 0 spiro atoms. The lowest BCUT2D eigenvalue weighted by molar-refractivity contribution is 0.190. The van der Waals surface area contributed by atoms with Crippen molar-refractivity contribution < 1.29 is 0 Å². The van der Waals surface area contributed by atoms with Crippen molar-refractivity contribution in [1.29, 1.82) is 0 Å². The van der Waals surface area contributed by atoms with Crippen LogP contribution in [0.4, 0.5) is 0 Å². The molecule has 1 aromatic carbocycles. The van der Waals surface area contributed by atoms with Crippen LogP contribution in [-0.4, -0.2) is 48.6 Å². The summed E-state index contributed by atoms with van der Waals surface area (Å²) in [5, 5.41) is 3.50. The van der Waals surface area contributed by atoms with Crippen LogP contribution in [0.15, 0.2) is 18.2 Å². The van der Waals surface area contributed by atoms with Crippen molar-refractivity contribution in [2.24, 2.45) is 0 Å². The summed E-state index contributed by atoms with van der Waals surface area (Å²) >= 11 is 0. The van der Waals surface area contributed by atoms with E-state index in [2.05, 4.69) is 33.3 Å². The van der Waals surface area contributed by atoms with Crippen molar-refractivity contribution in [2.45, 2.75) is 51.2 Å². The monoisotopic (exact) mass is 299 g/mol. The van der Waals surface area contributed by atoms with Gasteiger partial charge in [-0.25, -0.2) is 0 Å². The summed E-state index contributed by atoms with van der Waals surface area (Å²) in [6.45, 7) is 8.52. The molecule has 3 aliphatic heterocycles. The number of hydrogen-bond acceptors (Lipinski definition) is 3. The van der Waals surface area contributed by atoms with E-state index in [9.17, 15) is 0 Å². The Bertz CT molecular complexity index is 501. The fourth-order valence-corrected chi connectivity index (χ4v) is 4.36. The zero-order chi connectivity index (χ0) is 14.8. The van der Waals surface area contributed by atoms with Gasteiger partial charge in [0, 0.05) is 32.2 Å². The number of likely N-dealkylation sites (tertiary alicyclic amines) is 1. The molecule has 0 aliphatic carbocycles. The Balaban J connectivity index is 1.41. The van der Waals surface area contributed by atoms with Crippen LogP contribution in [0.25, 0.3) is 0 Å². The Morgan fingerprint density at radius 1 is 1.05 bits per heavy atom. The van der Waals surface area contributed by atoms with Crippen molar-refractivity contribution in [3.8, 4) is 0 Å². The van der Waals surface area contributed by atoms with Crippen LogP contribution < -0.4 is 5.32 Å². The van der Waals surface area contributed by atoms with E-state index in [0.717, 1.165) is 19.1 Å². The molecule has 0 bridgehead atoms. The van der Waals surface area contributed by atoms with Crippen molar-refractivity contribution in [3.05, 3.63) is 34.9 Å². The molecule has 0 saturated carbocycles. The Labute approximate surface area is 134 Å². The molecule has 3 heteroatoms. The average molecular weight is 299 g/mol. The summed E-state index contributed by atoms with van der Waals surface area (Å²) < 4.78 is 0. The van der Waals surface area contributed by atoms with Gasteiger partial charge in [0.2, 0.25) is 0 Å². The molecule has 2 fully saturated rings. The largest absolute Gasteiger partial charge is 0.315 e. The smallest absolute Gasteiger partial charge is 0.0240 e. The second-order valence-corrected chi connectivity index (χ2v) is 7.31. The molecule has 22 heavy (non-hydrogen) atoms. The predicted octanol–water partition coefficient (Wildman–Crippen LogP) is 2.39. The second kappa shape index (κ2) is 6.69. The molecular formula is C19H29N3. The lowest BCUT2D eigenvalue weighted by atomic mass is 9.95. The summed E-state index contributed by atoms with van der Waals surface area (Å²) in [5.74, 6) is 0. The van der Waals surface area contributed by atoms with Gasteiger partial charge in [-0.2, -0.15) is 0 Å². The van der Waals surface area contributed by atoms with Crippen LogP contribution in [0, 0.1) is 0 Å². The van der Waals surface area contributed by atoms with E-state index < -0.39 is 0 Å². The maximum Gasteiger partial charge on any atom is 0.0240 e. The minimum Gasteiger partial charge on any atom is -0.315 e. The Kier molecular flexibility index (Phi) is 4.47. The lowest BCUT2D eigenvalue weighted by Gasteiger charge is -2.34. The molecule has 4 rings (SSSR count). The molecule has 0 aromatic heterocycles. The van der Waals surface area contributed by atoms with Crippen LogP contribution in [-0.2, 0) is 19.5 Å². The van der Waals surface area contributed by atoms with Crippen LogP contribution in [0.3, 0.4) is 0 Å². The quantitative estimate of drug-likeness (QED) is 0.924. The molecule has 0 radical (unpaired) electrons. The van der Waals surface area contributed by atoms with Gasteiger partial charge in [-0.05, 0) is 62.0 Å².